The predicted octanol–water partition coefficient (Wildman–Crippen LogP) is 3.10. The minimum Gasteiger partial charge on any atom is -0.465 e. The van der Waals surface area contributed by atoms with Crippen LogP contribution in [0, 0.1) is 5.92 Å². The van der Waals surface area contributed by atoms with Crippen LogP contribution in [0.4, 0.5) is 0 Å². The molecule has 1 atom stereocenters. The minimum absolute atomic E-state index is 0.236. The molecule has 1 fully saturated rings. The van der Waals surface area contributed by atoms with Crippen molar-refractivity contribution in [3.05, 3.63) is 35.4 Å². The van der Waals surface area contributed by atoms with Crippen molar-refractivity contribution in [3.8, 4) is 0 Å². The second-order valence-corrected chi connectivity index (χ2v) is 5.30. The summed E-state index contributed by atoms with van der Waals surface area (Å²) in [7, 11) is 1.44. The smallest absolute Gasteiger partial charge is 0.338 e. The van der Waals surface area contributed by atoms with Crippen LogP contribution in [0.5, 0.6) is 0 Å². The number of methoxy groups -OCH3 is 1. The van der Waals surface area contributed by atoms with Gasteiger partial charge in [0.1, 0.15) is 0 Å². The SMILES string of the molecule is CCC1CCCN(Cc2ccccc2C(=O)OC)C1. The third-order valence-electron chi connectivity index (χ3n) is 4.00. The number of carbonyl (C=O) groups excluding carboxylic acids is 1. The van der Waals surface area contributed by atoms with E-state index in [2.05, 4.69) is 11.8 Å². The number of hydrogen-bond donors (Lipinski definition) is 0. The van der Waals surface area contributed by atoms with E-state index in [4.69, 9.17) is 4.74 Å². The zero-order chi connectivity index (χ0) is 13.7. The Hall–Kier alpha value is -1.35. The van der Waals surface area contributed by atoms with Crippen molar-refractivity contribution < 1.29 is 9.53 Å². The number of likely N-dealkylation sites (tertiary alicyclic amines) is 1. The highest BCUT2D eigenvalue weighted by molar-refractivity contribution is 5.90. The fraction of sp³-hybridized carbons (Fsp3) is 0.562. The van der Waals surface area contributed by atoms with Crippen molar-refractivity contribution >= 4 is 5.97 Å². The summed E-state index contributed by atoms with van der Waals surface area (Å²) in [4.78, 5) is 14.2. The van der Waals surface area contributed by atoms with Crippen LogP contribution >= 0.6 is 0 Å². The zero-order valence-electron chi connectivity index (χ0n) is 11.9. The van der Waals surface area contributed by atoms with Gasteiger partial charge in [-0.3, -0.25) is 4.90 Å². The van der Waals surface area contributed by atoms with Gasteiger partial charge < -0.3 is 4.74 Å². The lowest BCUT2D eigenvalue weighted by atomic mass is 9.95. The molecule has 0 spiro atoms. The molecule has 1 saturated heterocycles. The van der Waals surface area contributed by atoms with Gasteiger partial charge in [0, 0.05) is 13.1 Å². The van der Waals surface area contributed by atoms with Crippen LogP contribution in [0.3, 0.4) is 0 Å². The molecule has 1 unspecified atom stereocenters. The number of esters is 1. The molecule has 1 aliphatic rings. The third kappa shape index (κ3) is 3.57. The minimum atomic E-state index is -0.236. The van der Waals surface area contributed by atoms with Crippen LogP contribution in [0.1, 0.15) is 42.1 Å². The number of benzene rings is 1. The first-order chi connectivity index (χ1) is 9.24. The highest BCUT2D eigenvalue weighted by Gasteiger charge is 2.20. The Kier molecular flexibility index (Phi) is 4.97. The monoisotopic (exact) mass is 261 g/mol. The number of nitrogens with zero attached hydrogens (tertiary/aromatic N) is 1. The summed E-state index contributed by atoms with van der Waals surface area (Å²) in [5.74, 6) is 0.568. The molecule has 1 aromatic carbocycles. The average Bonchev–Trinajstić information content (AvgIpc) is 2.47. The summed E-state index contributed by atoms with van der Waals surface area (Å²) in [6, 6.07) is 7.76. The van der Waals surface area contributed by atoms with Crippen LogP contribution in [-0.2, 0) is 11.3 Å². The van der Waals surface area contributed by atoms with E-state index in [1.54, 1.807) is 0 Å². The lowest BCUT2D eigenvalue weighted by Crippen LogP contribution is -2.35. The van der Waals surface area contributed by atoms with Crippen molar-refractivity contribution in [3.63, 3.8) is 0 Å². The van der Waals surface area contributed by atoms with E-state index < -0.39 is 0 Å². The number of hydrogen-bond acceptors (Lipinski definition) is 3. The van der Waals surface area contributed by atoms with E-state index in [1.165, 1.54) is 26.4 Å². The normalized spacial score (nSPS) is 20.2. The first-order valence-electron chi connectivity index (χ1n) is 7.13. The van der Waals surface area contributed by atoms with Crippen LogP contribution in [0.15, 0.2) is 24.3 Å². The van der Waals surface area contributed by atoms with Gasteiger partial charge in [0.25, 0.3) is 0 Å². The third-order valence-corrected chi connectivity index (χ3v) is 4.00. The molecule has 3 heteroatoms. The van der Waals surface area contributed by atoms with Gasteiger partial charge in [0.2, 0.25) is 0 Å². The maximum atomic E-state index is 11.8. The maximum Gasteiger partial charge on any atom is 0.338 e. The molecule has 1 aliphatic heterocycles. The largest absolute Gasteiger partial charge is 0.465 e. The van der Waals surface area contributed by atoms with Crippen LogP contribution in [-0.4, -0.2) is 31.1 Å². The van der Waals surface area contributed by atoms with Crippen molar-refractivity contribution in [2.75, 3.05) is 20.2 Å². The average molecular weight is 261 g/mol. The number of piperidine rings is 1. The fourth-order valence-electron chi connectivity index (χ4n) is 2.84. The van der Waals surface area contributed by atoms with Crippen LogP contribution < -0.4 is 0 Å². The second kappa shape index (κ2) is 6.71. The van der Waals surface area contributed by atoms with Gasteiger partial charge in [-0.1, -0.05) is 31.5 Å². The molecule has 0 aliphatic carbocycles. The van der Waals surface area contributed by atoms with E-state index in [0.29, 0.717) is 5.56 Å². The van der Waals surface area contributed by atoms with Gasteiger partial charge in [-0.2, -0.15) is 0 Å². The van der Waals surface area contributed by atoms with Gasteiger partial charge in [0.15, 0.2) is 0 Å². The molecular weight excluding hydrogens is 238 g/mol. The summed E-state index contributed by atoms with van der Waals surface area (Å²) in [6.45, 7) is 5.39. The lowest BCUT2D eigenvalue weighted by Gasteiger charge is -2.32. The zero-order valence-corrected chi connectivity index (χ0v) is 11.9. The Bertz CT molecular complexity index is 431. The van der Waals surface area contributed by atoms with E-state index in [9.17, 15) is 4.79 Å². The van der Waals surface area contributed by atoms with E-state index in [0.717, 1.165) is 31.1 Å². The Morgan fingerprint density at radius 1 is 1.42 bits per heavy atom. The molecule has 0 aromatic heterocycles. The van der Waals surface area contributed by atoms with Gasteiger partial charge in [-0.05, 0) is 36.9 Å². The highest BCUT2D eigenvalue weighted by atomic mass is 16.5. The van der Waals surface area contributed by atoms with Crippen LogP contribution in [0.25, 0.3) is 0 Å². The van der Waals surface area contributed by atoms with Gasteiger partial charge in [-0.25, -0.2) is 4.79 Å². The molecule has 3 nitrogen and oxygen atoms in total. The van der Waals surface area contributed by atoms with Gasteiger partial charge in [-0.15, -0.1) is 0 Å². The van der Waals surface area contributed by atoms with Crippen LogP contribution in [0.2, 0.25) is 0 Å². The highest BCUT2D eigenvalue weighted by Crippen LogP contribution is 2.22. The van der Waals surface area contributed by atoms with Gasteiger partial charge >= 0.3 is 5.97 Å². The quantitative estimate of drug-likeness (QED) is 0.780. The fourth-order valence-corrected chi connectivity index (χ4v) is 2.84. The summed E-state index contributed by atoms with van der Waals surface area (Å²) in [5.41, 5.74) is 1.77. The molecule has 2 rings (SSSR count). The molecule has 0 amide bonds. The van der Waals surface area contributed by atoms with Gasteiger partial charge in [0.05, 0.1) is 12.7 Å². The molecule has 0 saturated carbocycles. The summed E-state index contributed by atoms with van der Waals surface area (Å²) in [5, 5.41) is 0. The molecule has 0 bridgehead atoms. The first-order valence-corrected chi connectivity index (χ1v) is 7.13. The van der Waals surface area contributed by atoms with Crippen molar-refractivity contribution in [1.82, 2.24) is 4.90 Å². The van der Waals surface area contributed by atoms with Crippen molar-refractivity contribution in [1.29, 1.82) is 0 Å². The van der Waals surface area contributed by atoms with E-state index in [-0.39, 0.29) is 5.97 Å². The molecule has 19 heavy (non-hydrogen) atoms. The Morgan fingerprint density at radius 3 is 2.95 bits per heavy atom. The summed E-state index contributed by atoms with van der Waals surface area (Å²) < 4.78 is 4.85. The molecule has 1 aromatic rings. The van der Waals surface area contributed by atoms with E-state index in [1.807, 2.05) is 24.3 Å². The van der Waals surface area contributed by atoms with Crippen molar-refractivity contribution in [2.45, 2.75) is 32.7 Å². The summed E-state index contributed by atoms with van der Waals surface area (Å²) >= 11 is 0. The Morgan fingerprint density at radius 2 is 2.21 bits per heavy atom. The lowest BCUT2D eigenvalue weighted by molar-refractivity contribution is 0.0597. The Labute approximate surface area is 115 Å². The molecule has 0 radical (unpaired) electrons. The Balaban J connectivity index is 2.08. The van der Waals surface area contributed by atoms with Crippen molar-refractivity contribution in [2.24, 2.45) is 5.92 Å². The van der Waals surface area contributed by atoms with E-state index >= 15 is 0 Å². The first kappa shape index (κ1) is 14.1. The molecule has 1 heterocycles. The number of ether oxygens (including phenoxy) is 1. The molecule has 0 N–H and O–H groups in total. The predicted molar refractivity (Wildman–Crippen MR) is 76.1 cm³/mol. The number of rotatable bonds is 4. The maximum absolute atomic E-state index is 11.8. The second-order valence-electron chi connectivity index (χ2n) is 5.30. The topological polar surface area (TPSA) is 29.5 Å². The standard InChI is InChI=1S/C16H23NO2/c1-3-13-7-6-10-17(11-13)12-14-8-4-5-9-15(14)16(18)19-2/h4-5,8-9,13H,3,6-7,10-12H2,1-2H3. The molecule has 104 valence electrons. The summed E-state index contributed by atoms with van der Waals surface area (Å²) in [6.07, 6.45) is 3.85. The molecular formula is C16H23NO2. The number of carbonyl (C=O) groups is 1.